The van der Waals surface area contributed by atoms with Gasteiger partial charge in [-0.05, 0) is 13.8 Å². The van der Waals surface area contributed by atoms with E-state index >= 15 is 0 Å². The molecule has 0 heterocycles. The maximum absolute atomic E-state index is 4.43. The predicted molar refractivity (Wildman–Crippen MR) is 25.9 cm³/mol. The molecule has 0 bridgehead atoms. The van der Waals surface area contributed by atoms with E-state index in [9.17, 15) is 0 Å². The van der Waals surface area contributed by atoms with Crippen LogP contribution >= 0.6 is 12.8 Å². The van der Waals surface area contributed by atoms with Crippen LogP contribution in [0.25, 0.3) is 0 Å². The van der Waals surface area contributed by atoms with Crippen LogP contribution in [0.4, 0.5) is 0 Å². The van der Waals surface area contributed by atoms with Crippen molar-refractivity contribution in [2.45, 2.75) is 19.9 Å². The average Bonchev–Trinajstić information content (AvgIpc) is 1.38. The Bertz CT molecular complexity index is 20.9. The molecular formula is C3H8NS. The van der Waals surface area contributed by atoms with Crippen molar-refractivity contribution in [3.63, 3.8) is 0 Å². The molecule has 31 valence electrons. The van der Waals surface area contributed by atoms with Crippen LogP contribution in [0.2, 0.25) is 0 Å². The van der Waals surface area contributed by atoms with E-state index in [-0.39, 0.29) is 0 Å². The van der Waals surface area contributed by atoms with Crippen molar-refractivity contribution in [1.29, 1.82) is 0 Å². The zero-order valence-corrected chi connectivity index (χ0v) is 4.30. The SMILES string of the molecule is CC(C)N[S]. The van der Waals surface area contributed by atoms with Crippen molar-refractivity contribution in [2.75, 3.05) is 0 Å². The van der Waals surface area contributed by atoms with Gasteiger partial charge in [-0.3, -0.25) is 4.72 Å². The molecule has 0 unspecified atom stereocenters. The summed E-state index contributed by atoms with van der Waals surface area (Å²) in [6.07, 6.45) is 0. The Labute approximate surface area is 38.3 Å². The molecule has 0 aliphatic rings. The topological polar surface area (TPSA) is 12.0 Å². The first kappa shape index (κ1) is 5.31. The van der Waals surface area contributed by atoms with E-state index in [4.69, 9.17) is 0 Å². The Morgan fingerprint density at radius 3 is 1.80 bits per heavy atom. The number of rotatable bonds is 1. The van der Waals surface area contributed by atoms with Gasteiger partial charge in [-0.25, -0.2) is 0 Å². The molecule has 0 saturated carbocycles. The minimum absolute atomic E-state index is 0.449. The summed E-state index contributed by atoms with van der Waals surface area (Å²) in [6, 6.07) is 0.449. The van der Waals surface area contributed by atoms with Crippen molar-refractivity contribution < 1.29 is 0 Å². The van der Waals surface area contributed by atoms with Crippen molar-refractivity contribution in [2.24, 2.45) is 0 Å². The highest BCUT2D eigenvalue weighted by Crippen LogP contribution is 1.73. The molecule has 2 heteroatoms. The van der Waals surface area contributed by atoms with E-state index in [1.54, 1.807) is 0 Å². The second-order valence-electron chi connectivity index (χ2n) is 1.27. The van der Waals surface area contributed by atoms with Gasteiger partial charge in [0.2, 0.25) is 0 Å². The van der Waals surface area contributed by atoms with Gasteiger partial charge in [-0.1, -0.05) is 0 Å². The molecule has 0 atom stereocenters. The quantitative estimate of drug-likeness (QED) is 0.508. The normalized spacial score (nSPS) is 9.60. The molecule has 1 radical (unpaired) electrons. The Morgan fingerprint density at radius 1 is 1.60 bits per heavy atom. The lowest BCUT2D eigenvalue weighted by Crippen LogP contribution is -2.09. The van der Waals surface area contributed by atoms with Gasteiger partial charge >= 0.3 is 0 Å². The van der Waals surface area contributed by atoms with E-state index < -0.39 is 0 Å². The molecule has 0 rings (SSSR count). The molecule has 1 nitrogen and oxygen atoms in total. The fraction of sp³-hybridized carbons (Fsp3) is 1.00. The molecule has 0 aliphatic carbocycles. The van der Waals surface area contributed by atoms with Crippen LogP contribution in [0.1, 0.15) is 13.8 Å². The summed E-state index contributed by atoms with van der Waals surface area (Å²) < 4.78 is 2.61. The molecule has 1 N–H and O–H groups in total. The van der Waals surface area contributed by atoms with Crippen LogP contribution in [0, 0.1) is 0 Å². The third-order valence-corrected chi connectivity index (χ3v) is 0.707. The van der Waals surface area contributed by atoms with Gasteiger partial charge in [0.25, 0.3) is 0 Å². The highest BCUT2D eigenvalue weighted by Gasteiger charge is 1.78. The van der Waals surface area contributed by atoms with Gasteiger partial charge in [0, 0.05) is 18.9 Å². The third-order valence-electron chi connectivity index (χ3n) is 0.236. The minimum Gasteiger partial charge on any atom is -0.251 e. The maximum atomic E-state index is 4.43. The Balaban J connectivity index is 2.54. The molecule has 0 aromatic heterocycles. The summed E-state index contributed by atoms with van der Waals surface area (Å²) in [4.78, 5) is 0. The summed E-state index contributed by atoms with van der Waals surface area (Å²) in [5.41, 5.74) is 0. The number of nitrogens with one attached hydrogen (secondary N) is 1. The molecule has 0 spiro atoms. The summed E-state index contributed by atoms with van der Waals surface area (Å²) >= 11 is 4.43. The summed E-state index contributed by atoms with van der Waals surface area (Å²) in [5, 5.41) is 0. The summed E-state index contributed by atoms with van der Waals surface area (Å²) in [5.74, 6) is 0. The second-order valence-corrected chi connectivity index (χ2v) is 1.51. The van der Waals surface area contributed by atoms with Gasteiger partial charge in [0.05, 0.1) is 0 Å². The number of hydrogen-bond acceptors (Lipinski definition) is 1. The first-order valence-electron chi connectivity index (χ1n) is 1.65. The first-order valence-corrected chi connectivity index (χ1v) is 2.06. The van der Waals surface area contributed by atoms with Crippen LogP contribution in [-0.2, 0) is 0 Å². The van der Waals surface area contributed by atoms with Gasteiger partial charge in [0.15, 0.2) is 0 Å². The number of hydrogen-bond donors (Lipinski definition) is 1. The van der Waals surface area contributed by atoms with E-state index in [1.807, 2.05) is 13.8 Å². The zero-order valence-electron chi connectivity index (χ0n) is 3.49. The van der Waals surface area contributed by atoms with Crippen LogP contribution in [-0.4, -0.2) is 6.04 Å². The Kier molecular flexibility index (Phi) is 2.70. The Morgan fingerprint density at radius 2 is 1.80 bits per heavy atom. The Hall–Kier alpha value is 0.310. The van der Waals surface area contributed by atoms with E-state index in [0.717, 1.165) is 0 Å². The van der Waals surface area contributed by atoms with Crippen LogP contribution in [0.15, 0.2) is 0 Å². The molecule has 0 aliphatic heterocycles. The van der Waals surface area contributed by atoms with Gasteiger partial charge < -0.3 is 0 Å². The van der Waals surface area contributed by atoms with Crippen molar-refractivity contribution in [1.82, 2.24) is 4.72 Å². The molecule has 0 fully saturated rings. The van der Waals surface area contributed by atoms with Crippen LogP contribution in [0.3, 0.4) is 0 Å². The van der Waals surface area contributed by atoms with Gasteiger partial charge in [-0.15, -0.1) is 0 Å². The molecule has 0 amide bonds. The molecule has 0 saturated heterocycles. The third kappa shape index (κ3) is 4.31. The highest BCUT2D eigenvalue weighted by atomic mass is 32.1. The standard InChI is InChI=1S/C3H8NS/c1-3(2)4-5/h3-4H,1-2H3. The maximum Gasteiger partial charge on any atom is 0.0123 e. The van der Waals surface area contributed by atoms with Gasteiger partial charge in [-0.2, -0.15) is 0 Å². The molecular weight excluding hydrogens is 82.1 g/mol. The second kappa shape index (κ2) is 2.54. The van der Waals surface area contributed by atoms with Gasteiger partial charge in [0.1, 0.15) is 0 Å². The molecule has 0 aromatic rings. The average molecular weight is 90.2 g/mol. The lowest BCUT2D eigenvalue weighted by Gasteiger charge is -1.92. The first-order chi connectivity index (χ1) is 2.27. The van der Waals surface area contributed by atoms with Crippen molar-refractivity contribution in [3.05, 3.63) is 0 Å². The molecule has 0 aromatic carbocycles. The highest BCUT2D eigenvalue weighted by molar-refractivity contribution is 7.78. The smallest absolute Gasteiger partial charge is 0.0123 e. The van der Waals surface area contributed by atoms with Crippen molar-refractivity contribution in [3.8, 4) is 0 Å². The fourth-order valence-corrected chi connectivity index (χ4v) is 0. The van der Waals surface area contributed by atoms with Crippen molar-refractivity contribution >= 4 is 12.8 Å². The fourth-order valence-electron chi connectivity index (χ4n) is 0. The zero-order chi connectivity index (χ0) is 4.28. The van der Waals surface area contributed by atoms with E-state index in [2.05, 4.69) is 17.5 Å². The lowest BCUT2D eigenvalue weighted by molar-refractivity contribution is 0.776. The minimum atomic E-state index is 0.449. The molecule has 5 heavy (non-hydrogen) atoms. The predicted octanol–water partition coefficient (Wildman–Crippen LogP) is 1.10. The summed E-state index contributed by atoms with van der Waals surface area (Å²) in [6.45, 7) is 4.01. The largest absolute Gasteiger partial charge is 0.251 e. The monoisotopic (exact) mass is 90.0 g/mol. The van der Waals surface area contributed by atoms with E-state index in [0.29, 0.717) is 6.04 Å². The van der Waals surface area contributed by atoms with Crippen LogP contribution in [0.5, 0.6) is 0 Å². The van der Waals surface area contributed by atoms with Crippen LogP contribution < -0.4 is 4.72 Å². The summed E-state index contributed by atoms with van der Waals surface area (Å²) in [7, 11) is 0. The lowest BCUT2D eigenvalue weighted by atomic mass is 10.4. The van der Waals surface area contributed by atoms with E-state index in [1.165, 1.54) is 0 Å².